The maximum Gasteiger partial charge on any atom is 0.320 e. The Bertz CT molecular complexity index is 939. The quantitative estimate of drug-likeness (QED) is 0.790. The number of aromatic nitrogens is 1. The van der Waals surface area contributed by atoms with Crippen LogP contribution in [0.15, 0.2) is 36.5 Å². The Morgan fingerprint density at radius 1 is 1.14 bits per heavy atom. The van der Waals surface area contributed by atoms with E-state index in [1.807, 2.05) is 22.9 Å². The van der Waals surface area contributed by atoms with Gasteiger partial charge in [0.15, 0.2) is 0 Å². The number of nitrogens with zero attached hydrogens (tertiary/aromatic N) is 4. The zero-order chi connectivity index (χ0) is 20.7. The second-order valence-electron chi connectivity index (χ2n) is 7.82. The summed E-state index contributed by atoms with van der Waals surface area (Å²) in [5.41, 5.74) is 1.02. The van der Waals surface area contributed by atoms with Crippen LogP contribution in [0.2, 0.25) is 0 Å². The Kier molecular flexibility index (Phi) is 5.02. The van der Waals surface area contributed by atoms with Gasteiger partial charge in [-0.2, -0.15) is 0 Å². The average molecular weight is 402 g/mol. The predicted octanol–water partition coefficient (Wildman–Crippen LogP) is 2.84. The number of fused-ring (bicyclic) bond motifs is 1. The third-order valence-electron chi connectivity index (χ3n) is 5.54. The molecular weight excluding hydrogens is 378 g/mol. The van der Waals surface area contributed by atoms with Gasteiger partial charge in [-0.05, 0) is 31.0 Å². The number of benzene rings is 1. The Morgan fingerprint density at radius 3 is 2.55 bits per heavy atom. The first-order valence-corrected chi connectivity index (χ1v) is 9.74. The van der Waals surface area contributed by atoms with E-state index in [9.17, 15) is 18.4 Å². The van der Waals surface area contributed by atoms with Gasteiger partial charge in [-0.3, -0.25) is 4.79 Å². The summed E-state index contributed by atoms with van der Waals surface area (Å²) >= 11 is 0. The molecule has 1 unspecified atom stereocenters. The minimum Gasteiger partial charge on any atom is -0.348 e. The SMILES string of the molecule is CN(C)C(=O)N(CC(=O)N1CCn2cccc2C1c1ccc(F)cc1F)C1CC1. The van der Waals surface area contributed by atoms with Crippen molar-refractivity contribution in [1.82, 2.24) is 19.3 Å². The van der Waals surface area contributed by atoms with Crippen molar-refractivity contribution in [3.05, 3.63) is 59.4 Å². The number of carbonyl (C=O) groups excluding carboxylic acids is 2. The van der Waals surface area contributed by atoms with Gasteiger partial charge in [0.1, 0.15) is 24.2 Å². The van der Waals surface area contributed by atoms with Gasteiger partial charge >= 0.3 is 6.03 Å². The topological polar surface area (TPSA) is 48.8 Å². The lowest BCUT2D eigenvalue weighted by atomic mass is 9.99. The van der Waals surface area contributed by atoms with Crippen LogP contribution in [0.1, 0.15) is 30.1 Å². The molecule has 1 aliphatic carbocycles. The van der Waals surface area contributed by atoms with Crippen LogP contribution in [0.5, 0.6) is 0 Å². The minimum absolute atomic E-state index is 0.0539. The second-order valence-corrected chi connectivity index (χ2v) is 7.82. The summed E-state index contributed by atoms with van der Waals surface area (Å²) in [6, 6.07) is 6.33. The summed E-state index contributed by atoms with van der Waals surface area (Å²) in [5, 5.41) is 0. The molecule has 6 nitrogen and oxygen atoms in total. The third kappa shape index (κ3) is 3.71. The highest BCUT2D eigenvalue weighted by molar-refractivity contribution is 5.85. The first-order chi connectivity index (χ1) is 13.9. The molecule has 3 amide bonds. The Labute approximate surface area is 168 Å². The van der Waals surface area contributed by atoms with Crippen LogP contribution >= 0.6 is 0 Å². The van der Waals surface area contributed by atoms with Gasteiger partial charge in [0, 0.05) is 56.7 Å². The van der Waals surface area contributed by atoms with Crippen molar-refractivity contribution in [1.29, 1.82) is 0 Å². The fraction of sp³-hybridized carbons (Fsp3) is 0.429. The Morgan fingerprint density at radius 2 is 1.90 bits per heavy atom. The summed E-state index contributed by atoms with van der Waals surface area (Å²) in [5.74, 6) is -1.59. The maximum absolute atomic E-state index is 14.6. The molecule has 0 saturated heterocycles. The number of hydrogen-bond acceptors (Lipinski definition) is 2. The highest BCUT2D eigenvalue weighted by atomic mass is 19.1. The number of amides is 3. The van der Waals surface area contributed by atoms with Gasteiger partial charge in [0.2, 0.25) is 5.91 Å². The summed E-state index contributed by atoms with van der Waals surface area (Å²) in [7, 11) is 3.32. The molecule has 2 aromatic rings. The number of hydrogen-bond donors (Lipinski definition) is 0. The normalized spacial score (nSPS) is 18.3. The zero-order valence-electron chi connectivity index (χ0n) is 16.5. The Balaban J connectivity index is 1.66. The molecule has 8 heteroatoms. The van der Waals surface area contributed by atoms with E-state index in [4.69, 9.17) is 0 Å². The third-order valence-corrected chi connectivity index (χ3v) is 5.54. The first kappa shape index (κ1) is 19.4. The fourth-order valence-corrected chi connectivity index (χ4v) is 3.94. The van der Waals surface area contributed by atoms with Gasteiger partial charge < -0.3 is 19.3 Å². The highest BCUT2D eigenvalue weighted by Crippen LogP contribution is 2.35. The summed E-state index contributed by atoms with van der Waals surface area (Å²) < 4.78 is 30.1. The van der Waals surface area contributed by atoms with Crippen LogP contribution in [-0.4, -0.2) is 64.4 Å². The van der Waals surface area contributed by atoms with E-state index in [1.165, 1.54) is 17.0 Å². The van der Waals surface area contributed by atoms with E-state index >= 15 is 0 Å². The van der Waals surface area contributed by atoms with Crippen molar-refractivity contribution in [3.63, 3.8) is 0 Å². The lowest BCUT2D eigenvalue weighted by Gasteiger charge is -2.38. The van der Waals surface area contributed by atoms with E-state index < -0.39 is 17.7 Å². The monoisotopic (exact) mass is 402 g/mol. The van der Waals surface area contributed by atoms with Crippen molar-refractivity contribution in [3.8, 4) is 0 Å². The lowest BCUT2D eigenvalue weighted by Crippen LogP contribution is -2.50. The van der Waals surface area contributed by atoms with E-state index in [-0.39, 0.29) is 30.1 Å². The average Bonchev–Trinajstić information content (AvgIpc) is 3.41. The number of carbonyl (C=O) groups is 2. The fourth-order valence-electron chi connectivity index (χ4n) is 3.94. The van der Waals surface area contributed by atoms with Gasteiger partial charge in [0.05, 0.1) is 0 Å². The standard InChI is InChI=1S/C21H24F2N4O2/c1-24(2)21(29)27(15-6-7-15)13-19(28)26-11-10-25-9-3-4-18(25)20(26)16-8-5-14(22)12-17(16)23/h3-5,8-9,12,15,20H,6-7,10-11,13H2,1-2H3. The second kappa shape index (κ2) is 7.50. The van der Waals surface area contributed by atoms with Crippen LogP contribution in [0.3, 0.4) is 0 Å². The molecule has 29 heavy (non-hydrogen) atoms. The molecule has 2 heterocycles. The van der Waals surface area contributed by atoms with Gasteiger partial charge in [0.25, 0.3) is 0 Å². The predicted molar refractivity (Wildman–Crippen MR) is 103 cm³/mol. The van der Waals surface area contributed by atoms with Crippen molar-refractivity contribution >= 4 is 11.9 Å². The van der Waals surface area contributed by atoms with Gasteiger partial charge in [-0.1, -0.05) is 6.07 Å². The van der Waals surface area contributed by atoms with Crippen molar-refractivity contribution in [2.24, 2.45) is 0 Å². The molecule has 154 valence electrons. The molecule has 0 N–H and O–H groups in total. The highest BCUT2D eigenvalue weighted by Gasteiger charge is 2.39. The molecule has 0 spiro atoms. The molecule has 1 aromatic heterocycles. The number of halogens is 2. The molecule has 1 saturated carbocycles. The smallest absolute Gasteiger partial charge is 0.320 e. The summed E-state index contributed by atoms with van der Waals surface area (Å²) in [4.78, 5) is 30.4. The maximum atomic E-state index is 14.6. The molecule has 2 aliphatic rings. The molecule has 4 rings (SSSR count). The van der Waals surface area contributed by atoms with Crippen LogP contribution in [0, 0.1) is 11.6 Å². The van der Waals surface area contributed by atoms with Crippen LogP contribution in [-0.2, 0) is 11.3 Å². The van der Waals surface area contributed by atoms with E-state index in [0.717, 1.165) is 24.6 Å². The molecule has 1 aromatic carbocycles. The molecule has 0 bridgehead atoms. The Hall–Kier alpha value is -2.90. The van der Waals surface area contributed by atoms with Crippen molar-refractivity contribution in [2.75, 3.05) is 27.2 Å². The van der Waals surface area contributed by atoms with Crippen LogP contribution < -0.4 is 0 Å². The van der Waals surface area contributed by atoms with Gasteiger partial charge in [-0.25, -0.2) is 13.6 Å². The van der Waals surface area contributed by atoms with Crippen molar-refractivity contribution < 1.29 is 18.4 Å². The summed E-state index contributed by atoms with van der Waals surface area (Å²) in [6.07, 6.45) is 3.65. The van der Waals surface area contributed by atoms with Crippen LogP contribution in [0.25, 0.3) is 0 Å². The van der Waals surface area contributed by atoms with E-state index in [0.29, 0.717) is 13.1 Å². The van der Waals surface area contributed by atoms with Gasteiger partial charge in [-0.15, -0.1) is 0 Å². The van der Waals surface area contributed by atoms with Crippen LogP contribution in [0.4, 0.5) is 13.6 Å². The molecule has 1 aliphatic heterocycles. The zero-order valence-corrected chi connectivity index (χ0v) is 16.5. The number of rotatable bonds is 4. The van der Waals surface area contributed by atoms with E-state index in [2.05, 4.69) is 0 Å². The molecule has 1 atom stereocenters. The minimum atomic E-state index is -0.689. The first-order valence-electron chi connectivity index (χ1n) is 9.74. The lowest BCUT2D eigenvalue weighted by molar-refractivity contribution is -0.134. The molecular formula is C21H24F2N4O2. The largest absolute Gasteiger partial charge is 0.348 e. The molecule has 1 fully saturated rings. The summed E-state index contributed by atoms with van der Waals surface area (Å²) in [6.45, 7) is 0.913. The van der Waals surface area contributed by atoms with Crippen molar-refractivity contribution in [2.45, 2.75) is 31.5 Å². The molecule has 0 radical (unpaired) electrons. The number of urea groups is 1. The van der Waals surface area contributed by atoms with E-state index in [1.54, 1.807) is 23.9 Å².